The van der Waals surface area contributed by atoms with Crippen molar-refractivity contribution in [1.82, 2.24) is 0 Å². The number of aliphatic hydroxyl groups is 1. The topological polar surface area (TPSA) is 46.5 Å². The van der Waals surface area contributed by atoms with E-state index in [2.05, 4.69) is 6.92 Å². The number of ketones is 1. The van der Waals surface area contributed by atoms with Crippen LogP contribution in [0.3, 0.4) is 0 Å². The molecule has 0 radical (unpaired) electrons. The van der Waals surface area contributed by atoms with Crippen molar-refractivity contribution in [2.75, 3.05) is 0 Å². The summed E-state index contributed by atoms with van der Waals surface area (Å²) in [6.07, 6.45) is 5.38. The van der Waals surface area contributed by atoms with Crippen LogP contribution < -0.4 is 0 Å². The van der Waals surface area contributed by atoms with Crippen molar-refractivity contribution < 1.29 is 14.6 Å². The van der Waals surface area contributed by atoms with Crippen LogP contribution in [0.25, 0.3) is 0 Å². The second-order valence-electron chi connectivity index (χ2n) is 3.27. The third kappa shape index (κ3) is 3.28. The number of rotatable bonds is 4. The molecular weight excluding hydrogens is 168 g/mol. The average molecular weight is 184 g/mol. The second kappa shape index (κ2) is 5.14. The van der Waals surface area contributed by atoms with Gasteiger partial charge in [-0.25, -0.2) is 0 Å². The van der Waals surface area contributed by atoms with E-state index in [4.69, 9.17) is 9.84 Å². The first-order chi connectivity index (χ1) is 6.24. The van der Waals surface area contributed by atoms with Crippen molar-refractivity contribution in [2.24, 2.45) is 0 Å². The average Bonchev–Trinajstić information content (AvgIpc) is 2.11. The van der Waals surface area contributed by atoms with Gasteiger partial charge in [-0.3, -0.25) is 4.79 Å². The summed E-state index contributed by atoms with van der Waals surface area (Å²) in [5, 5.41) is 9.09. The van der Waals surface area contributed by atoms with Crippen LogP contribution in [0.1, 0.15) is 32.6 Å². The predicted octanol–water partition coefficient (Wildman–Crippen LogP) is 1.41. The van der Waals surface area contributed by atoms with Gasteiger partial charge in [0.05, 0.1) is 0 Å². The van der Waals surface area contributed by atoms with Gasteiger partial charge in [0, 0.05) is 0 Å². The van der Waals surface area contributed by atoms with Crippen LogP contribution in [0.5, 0.6) is 0 Å². The molecule has 13 heavy (non-hydrogen) atoms. The molecule has 0 fully saturated rings. The Hall–Kier alpha value is -0.670. The molecule has 1 N–H and O–H groups in total. The van der Waals surface area contributed by atoms with Crippen LogP contribution in [-0.2, 0) is 9.53 Å². The largest absolute Gasteiger partial charge is 0.365 e. The molecule has 2 atom stereocenters. The van der Waals surface area contributed by atoms with Crippen LogP contribution in [-0.4, -0.2) is 23.3 Å². The zero-order chi connectivity index (χ0) is 9.68. The van der Waals surface area contributed by atoms with Gasteiger partial charge in [0.15, 0.2) is 12.1 Å². The summed E-state index contributed by atoms with van der Waals surface area (Å²) in [7, 11) is 0. The zero-order valence-electron chi connectivity index (χ0n) is 7.90. The zero-order valence-corrected chi connectivity index (χ0v) is 7.90. The SMILES string of the molecule is CCCCC[C@@H]1OC(O)C=CC1=O. The van der Waals surface area contributed by atoms with Crippen LogP contribution in [0, 0.1) is 0 Å². The molecule has 1 aliphatic heterocycles. The molecule has 1 rings (SSSR count). The molecule has 0 saturated heterocycles. The van der Waals surface area contributed by atoms with E-state index in [9.17, 15) is 4.79 Å². The minimum atomic E-state index is -0.899. The highest BCUT2D eigenvalue weighted by Gasteiger charge is 2.22. The third-order valence-electron chi connectivity index (χ3n) is 2.12. The van der Waals surface area contributed by atoms with Crippen molar-refractivity contribution in [2.45, 2.75) is 45.0 Å². The van der Waals surface area contributed by atoms with Gasteiger partial charge in [0.25, 0.3) is 0 Å². The molecule has 0 bridgehead atoms. The quantitative estimate of drug-likeness (QED) is 0.672. The normalized spacial score (nSPS) is 28.0. The fourth-order valence-electron chi connectivity index (χ4n) is 1.36. The Morgan fingerprint density at radius 2 is 2.31 bits per heavy atom. The maximum Gasteiger partial charge on any atom is 0.184 e. The smallest absolute Gasteiger partial charge is 0.184 e. The van der Waals surface area contributed by atoms with Gasteiger partial charge in [-0.1, -0.05) is 26.2 Å². The number of aliphatic hydroxyl groups excluding tert-OH is 1. The van der Waals surface area contributed by atoms with E-state index in [1.165, 1.54) is 12.2 Å². The molecule has 1 unspecified atom stereocenters. The minimum Gasteiger partial charge on any atom is -0.365 e. The summed E-state index contributed by atoms with van der Waals surface area (Å²) in [4.78, 5) is 11.2. The van der Waals surface area contributed by atoms with Gasteiger partial charge in [-0.2, -0.15) is 0 Å². The summed E-state index contributed by atoms with van der Waals surface area (Å²) < 4.78 is 5.06. The van der Waals surface area contributed by atoms with Gasteiger partial charge in [0.1, 0.15) is 6.10 Å². The molecule has 3 heteroatoms. The lowest BCUT2D eigenvalue weighted by Gasteiger charge is -2.21. The van der Waals surface area contributed by atoms with Crippen molar-refractivity contribution in [3.8, 4) is 0 Å². The van der Waals surface area contributed by atoms with E-state index in [1.807, 2.05) is 0 Å². The number of hydrogen-bond donors (Lipinski definition) is 1. The Kier molecular flexibility index (Phi) is 4.12. The fraction of sp³-hybridized carbons (Fsp3) is 0.700. The lowest BCUT2D eigenvalue weighted by Crippen LogP contribution is -2.31. The number of carbonyl (C=O) groups excluding carboxylic acids is 1. The molecule has 0 amide bonds. The Morgan fingerprint density at radius 1 is 1.54 bits per heavy atom. The summed E-state index contributed by atoms with van der Waals surface area (Å²) >= 11 is 0. The van der Waals surface area contributed by atoms with Gasteiger partial charge >= 0.3 is 0 Å². The van der Waals surface area contributed by atoms with Gasteiger partial charge in [-0.05, 0) is 18.6 Å². The third-order valence-corrected chi connectivity index (χ3v) is 2.12. The Balaban J connectivity index is 2.32. The first-order valence-electron chi connectivity index (χ1n) is 4.79. The molecule has 1 heterocycles. The van der Waals surface area contributed by atoms with Crippen molar-refractivity contribution >= 4 is 5.78 Å². The van der Waals surface area contributed by atoms with E-state index >= 15 is 0 Å². The molecule has 1 aliphatic rings. The lowest BCUT2D eigenvalue weighted by atomic mass is 10.1. The van der Waals surface area contributed by atoms with Gasteiger partial charge < -0.3 is 9.84 Å². The molecule has 0 saturated carbocycles. The number of unbranched alkanes of at least 4 members (excludes halogenated alkanes) is 2. The van der Waals surface area contributed by atoms with E-state index in [1.54, 1.807) is 0 Å². The highest BCUT2D eigenvalue weighted by atomic mass is 16.6. The van der Waals surface area contributed by atoms with Gasteiger partial charge in [-0.15, -0.1) is 0 Å². The number of carbonyl (C=O) groups is 1. The first kappa shape index (κ1) is 10.4. The second-order valence-corrected chi connectivity index (χ2v) is 3.27. The van der Waals surface area contributed by atoms with E-state index < -0.39 is 12.4 Å². The van der Waals surface area contributed by atoms with Crippen molar-refractivity contribution in [3.05, 3.63) is 12.2 Å². The van der Waals surface area contributed by atoms with Crippen LogP contribution in [0.2, 0.25) is 0 Å². The molecular formula is C10H16O3. The minimum absolute atomic E-state index is 0.0265. The predicted molar refractivity (Wildman–Crippen MR) is 49.2 cm³/mol. The monoisotopic (exact) mass is 184 g/mol. The highest BCUT2D eigenvalue weighted by Crippen LogP contribution is 2.14. The molecule has 0 aliphatic carbocycles. The maximum atomic E-state index is 11.2. The van der Waals surface area contributed by atoms with E-state index in [0.29, 0.717) is 6.42 Å². The molecule has 0 aromatic heterocycles. The Labute approximate surface area is 78.4 Å². The summed E-state index contributed by atoms with van der Waals surface area (Å²) in [5.41, 5.74) is 0. The Bertz CT molecular complexity index is 198. The van der Waals surface area contributed by atoms with Crippen molar-refractivity contribution in [1.29, 1.82) is 0 Å². The fourth-order valence-corrected chi connectivity index (χ4v) is 1.36. The van der Waals surface area contributed by atoms with Crippen LogP contribution >= 0.6 is 0 Å². The lowest BCUT2D eigenvalue weighted by molar-refractivity contribution is -0.148. The Morgan fingerprint density at radius 3 is 3.00 bits per heavy atom. The van der Waals surface area contributed by atoms with Crippen molar-refractivity contribution in [3.63, 3.8) is 0 Å². The maximum absolute atomic E-state index is 11.2. The van der Waals surface area contributed by atoms with E-state index in [-0.39, 0.29) is 5.78 Å². The van der Waals surface area contributed by atoms with Crippen LogP contribution in [0.15, 0.2) is 12.2 Å². The molecule has 0 spiro atoms. The molecule has 0 aromatic carbocycles. The highest BCUT2D eigenvalue weighted by molar-refractivity contribution is 5.94. The number of hydrogen-bond acceptors (Lipinski definition) is 3. The first-order valence-corrected chi connectivity index (χ1v) is 4.79. The van der Waals surface area contributed by atoms with Gasteiger partial charge in [0.2, 0.25) is 0 Å². The molecule has 74 valence electrons. The summed E-state index contributed by atoms with van der Waals surface area (Å²) in [6, 6.07) is 0. The molecule has 0 aromatic rings. The number of ether oxygens (including phenoxy) is 1. The summed E-state index contributed by atoms with van der Waals surface area (Å²) in [5.74, 6) is -0.0265. The standard InChI is InChI=1S/C10H16O3/c1-2-3-4-5-9-8(11)6-7-10(12)13-9/h6-7,9-10,12H,2-5H2,1H3/t9-,10?/m0/s1. The van der Waals surface area contributed by atoms with E-state index in [0.717, 1.165) is 19.3 Å². The van der Waals surface area contributed by atoms with Crippen LogP contribution in [0.4, 0.5) is 0 Å². The summed E-state index contributed by atoms with van der Waals surface area (Å²) in [6.45, 7) is 2.11. The molecule has 3 nitrogen and oxygen atoms in total.